The third-order valence-electron chi connectivity index (χ3n) is 12.6. The molecule has 0 aromatic rings. The Balaban J connectivity index is 4.28. The van der Waals surface area contributed by atoms with Crippen LogP contribution in [0.25, 0.3) is 0 Å². The lowest BCUT2D eigenvalue weighted by Crippen LogP contribution is -2.30. The first-order valence-corrected chi connectivity index (χ1v) is 28.8. The van der Waals surface area contributed by atoms with Crippen LogP contribution in [0.5, 0.6) is 0 Å². The van der Waals surface area contributed by atoms with Gasteiger partial charge in [0.15, 0.2) is 6.10 Å². The minimum atomic E-state index is -0.547. The van der Waals surface area contributed by atoms with Gasteiger partial charge in [-0.3, -0.25) is 9.59 Å². The van der Waals surface area contributed by atoms with E-state index in [2.05, 4.69) is 81.5 Å². The molecule has 384 valence electrons. The maximum atomic E-state index is 12.8. The van der Waals surface area contributed by atoms with Crippen molar-refractivity contribution in [2.75, 3.05) is 19.8 Å². The maximum absolute atomic E-state index is 12.8. The molecule has 0 spiro atoms. The molecule has 0 aromatic carbocycles. The van der Waals surface area contributed by atoms with Gasteiger partial charge >= 0.3 is 11.9 Å². The molecule has 0 heterocycles. The lowest BCUT2D eigenvalue weighted by Gasteiger charge is -2.18. The van der Waals surface area contributed by atoms with Crippen LogP contribution in [-0.2, 0) is 23.8 Å². The predicted octanol–water partition coefficient (Wildman–Crippen LogP) is 19.7. The van der Waals surface area contributed by atoms with Gasteiger partial charge in [-0.25, -0.2) is 0 Å². The Kier molecular flexibility index (Phi) is 54.9. The number of rotatable bonds is 53. The highest BCUT2D eigenvalue weighted by Gasteiger charge is 2.17. The molecule has 66 heavy (non-hydrogen) atoms. The smallest absolute Gasteiger partial charge is 0.306 e. The van der Waals surface area contributed by atoms with E-state index in [4.69, 9.17) is 14.2 Å². The fraction of sp³-hybridized carbons (Fsp3) is 0.803. The fourth-order valence-corrected chi connectivity index (χ4v) is 8.30. The quantitative estimate of drug-likeness (QED) is 0.0346. The highest BCUT2D eigenvalue weighted by atomic mass is 16.6. The number of esters is 2. The number of carbonyl (C=O) groups is 2. The van der Waals surface area contributed by atoms with Crippen LogP contribution < -0.4 is 0 Å². The summed E-state index contributed by atoms with van der Waals surface area (Å²) in [5.74, 6) is -0.420. The highest BCUT2D eigenvalue weighted by molar-refractivity contribution is 5.70. The van der Waals surface area contributed by atoms with Crippen molar-refractivity contribution in [3.8, 4) is 0 Å². The highest BCUT2D eigenvalue weighted by Crippen LogP contribution is 2.16. The zero-order valence-corrected chi connectivity index (χ0v) is 44.2. The summed E-state index contributed by atoms with van der Waals surface area (Å²) in [4.78, 5) is 25.5. The second-order valence-electron chi connectivity index (χ2n) is 19.2. The van der Waals surface area contributed by atoms with Crippen molar-refractivity contribution in [2.45, 2.75) is 297 Å². The first kappa shape index (κ1) is 63.6. The predicted molar refractivity (Wildman–Crippen MR) is 288 cm³/mol. The van der Waals surface area contributed by atoms with Gasteiger partial charge in [-0.05, 0) is 64.2 Å². The molecule has 1 atom stereocenters. The van der Waals surface area contributed by atoms with E-state index in [1.54, 1.807) is 0 Å². The van der Waals surface area contributed by atoms with E-state index in [0.29, 0.717) is 19.4 Å². The number of hydrogen-bond acceptors (Lipinski definition) is 5. The molecule has 0 fully saturated rings. The molecule has 0 amide bonds. The molecule has 0 aliphatic heterocycles. The SMILES string of the molecule is CC/C=C\C/C=C\C/C=C\C/C=C\C/C=C\CCCCCC(=O)OCC(COCCCCCCCCCCCCCCCCCCCC)OC(=O)CCCCCCCCCCCCCCC. The van der Waals surface area contributed by atoms with Gasteiger partial charge in [0.05, 0.1) is 6.61 Å². The zero-order chi connectivity index (χ0) is 47.7. The number of ether oxygens (including phenoxy) is 3. The summed E-state index contributed by atoms with van der Waals surface area (Å²) in [5, 5.41) is 0. The Bertz CT molecular complexity index is 1130. The van der Waals surface area contributed by atoms with E-state index < -0.39 is 6.10 Å². The molecule has 0 aromatic heterocycles. The molecule has 0 rings (SSSR count). The van der Waals surface area contributed by atoms with Gasteiger partial charge in [-0.1, -0.05) is 274 Å². The van der Waals surface area contributed by atoms with Crippen LogP contribution in [0.4, 0.5) is 0 Å². The third kappa shape index (κ3) is 54.2. The second-order valence-corrected chi connectivity index (χ2v) is 19.2. The number of carbonyl (C=O) groups excluding carboxylic acids is 2. The van der Waals surface area contributed by atoms with Crippen LogP contribution in [0.3, 0.4) is 0 Å². The monoisotopic (exact) mass is 923 g/mol. The van der Waals surface area contributed by atoms with Crippen molar-refractivity contribution in [2.24, 2.45) is 0 Å². The maximum Gasteiger partial charge on any atom is 0.306 e. The molecule has 5 heteroatoms. The van der Waals surface area contributed by atoms with Crippen molar-refractivity contribution in [3.63, 3.8) is 0 Å². The Hall–Kier alpha value is -2.40. The van der Waals surface area contributed by atoms with Gasteiger partial charge in [0.1, 0.15) is 6.61 Å². The minimum absolute atomic E-state index is 0.0718. The summed E-state index contributed by atoms with van der Waals surface area (Å²) in [7, 11) is 0. The van der Waals surface area contributed by atoms with E-state index in [-0.39, 0.29) is 25.2 Å². The van der Waals surface area contributed by atoms with E-state index in [9.17, 15) is 9.59 Å². The van der Waals surface area contributed by atoms with Crippen LogP contribution in [-0.4, -0.2) is 37.9 Å². The van der Waals surface area contributed by atoms with Crippen molar-refractivity contribution >= 4 is 11.9 Å². The Morgan fingerprint density at radius 3 is 1.09 bits per heavy atom. The summed E-state index contributed by atoms with van der Waals surface area (Å²) < 4.78 is 17.5. The van der Waals surface area contributed by atoms with Gasteiger partial charge in [0.25, 0.3) is 0 Å². The van der Waals surface area contributed by atoms with Crippen molar-refractivity contribution in [1.29, 1.82) is 0 Å². The molecule has 0 radical (unpaired) electrons. The van der Waals surface area contributed by atoms with E-state index in [1.807, 2.05) is 0 Å². The van der Waals surface area contributed by atoms with Crippen molar-refractivity contribution in [1.82, 2.24) is 0 Å². The molecule has 0 aliphatic rings. The van der Waals surface area contributed by atoms with Crippen molar-refractivity contribution < 1.29 is 23.8 Å². The largest absolute Gasteiger partial charge is 0.462 e. The zero-order valence-electron chi connectivity index (χ0n) is 44.2. The average molecular weight is 924 g/mol. The topological polar surface area (TPSA) is 61.8 Å². The second kappa shape index (κ2) is 56.9. The van der Waals surface area contributed by atoms with E-state index in [1.165, 1.54) is 173 Å². The normalized spacial score (nSPS) is 12.6. The molecule has 0 saturated carbocycles. The van der Waals surface area contributed by atoms with E-state index in [0.717, 1.165) is 83.5 Å². The molecular formula is C61H110O5. The lowest BCUT2D eigenvalue weighted by molar-refractivity contribution is -0.163. The summed E-state index contributed by atoms with van der Waals surface area (Å²) in [6.07, 6.45) is 72.4. The van der Waals surface area contributed by atoms with Crippen LogP contribution in [0.1, 0.15) is 290 Å². The summed E-state index contributed by atoms with van der Waals surface area (Å²) in [5.41, 5.74) is 0. The molecule has 1 unspecified atom stereocenters. The molecule has 5 nitrogen and oxygen atoms in total. The van der Waals surface area contributed by atoms with Gasteiger partial charge in [0.2, 0.25) is 0 Å². The Morgan fingerprint density at radius 2 is 0.682 bits per heavy atom. The molecular weight excluding hydrogens is 813 g/mol. The van der Waals surface area contributed by atoms with Gasteiger partial charge in [0, 0.05) is 19.4 Å². The fourth-order valence-electron chi connectivity index (χ4n) is 8.30. The van der Waals surface area contributed by atoms with Gasteiger partial charge in [-0.2, -0.15) is 0 Å². The standard InChI is InChI=1S/C61H110O5/c1-4-7-10-13-16-19-22-25-27-29-31-32-34-37-39-42-45-48-51-54-60(62)65-58-59(66-61(63)55-52-49-46-43-40-36-24-21-18-15-12-9-6-3)57-64-56-53-50-47-44-41-38-35-33-30-28-26-23-20-17-14-11-8-5-2/h7,10,16,19,25,27,31-32,37,39,59H,4-6,8-9,11-15,17-18,20-24,26,28-30,33-36,38,40-58H2,1-3H3/b10-7-,19-16-,27-25-,32-31-,39-37-. The molecule has 0 bridgehead atoms. The number of allylic oxidation sites excluding steroid dienone is 10. The van der Waals surface area contributed by atoms with Crippen LogP contribution >= 0.6 is 0 Å². The van der Waals surface area contributed by atoms with E-state index >= 15 is 0 Å². The average Bonchev–Trinajstić information content (AvgIpc) is 3.32. The molecule has 0 aliphatic carbocycles. The first-order valence-electron chi connectivity index (χ1n) is 28.8. The molecule has 0 saturated heterocycles. The van der Waals surface area contributed by atoms with Crippen LogP contribution in [0, 0.1) is 0 Å². The number of unbranched alkanes of at least 4 members (excludes halogenated alkanes) is 32. The summed E-state index contributed by atoms with van der Waals surface area (Å²) >= 11 is 0. The Morgan fingerprint density at radius 1 is 0.348 bits per heavy atom. The minimum Gasteiger partial charge on any atom is -0.462 e. The van der Waals surface area contributed by atoms with Crippen molar-refractivity contribution in [3.05, 3.63) is 60.8 Å². The Labute approximate surface area is 411 Å². The summed E-state index contributed by atoms with van der Waals surface area (Å²) in [6, 6.07) is 0. The van der Waals surface area contributed by atoms with Crippen LogP contribution in [0.15, 0.2) is 60.8 Å². The lowest BCUT2D eigenvalue weighted by atomic mass is 10.0. The number of hydrogen-bond donors (Lipinski definition) is 0. The summed E-state index contributed by atoms with van der Waals surface area (Å²) in [6.45, 7) is 7.73. The molecule has 0 N–H and O–H groups in total. The van der Waals surface area contributed by atoms with Crippen LogP contribution in [0.2, 0.25) is 0 Å². The van der Waals surface area contributed by atoms with Gasteiger partial charge in [-0.15, -0.1) is 0 Å². The first-order chi connectivity index (χ1) is 32.6. The van der Waals surface area contributed by atoms with Gasteiger partial charge < -0.3 is 14.2 Å². The third-order valence-corrected chi connectivity index (χ3v) is 12.6.